The molecule has 0 aliphatic carbocycles. The van der Waals surface area contributed by atoms with Crippen molar-refractivity contribution in [3.8, 4) is 0 Å². The van der Waals surface area contributed by atoms with Crippen LogP contribution < -0.4 is 0 Å². The lowest BCUT2D eigenvalue weighted by molar-refractivity contribution is -0.167. The molecule has 0 spiro atoms. The smallest absolute Gasteiger partial charge is 0.306 e. The van der Waals surface area contributed by atoms with Crippen LogP contribution in [0.15, 0.2) is 72.9 Å². The first-order chi connectivity index (χ1) is 39.0. The fourth-order valence-corrected chi connectivity index (χ4v) is 9.95. The second kappa shape index (κ2) is 67.4. The first-order valence-electron chi connectivity index (χ1n) is 34.4. The molecule has 79 heavy (non-hydrogen) atoms. The van der Waals surface area contributed by atoms with Crippen molar-refractivity contribution in [2.24, 2.45) is 0 Å². The normalized spacial score (nSPS) is 12.5. The third kappa shape index (κ3) is 65.5. The van der Waals surface area contributed by atoms with Gasteiger partial charge in [-0.15, -0.1) is 0 Å². The molecule has 0 saturated carbocycles. The molecule has 0 fully saturated rings. The maximum Gasteiger partial charge on any atom is 0.306 e. The molecule has 0 N–H and O–H groups in total. The van der Waals surface area contributed by atoms with Gasteiger partial charge in [-0.25, -0.2) is 0 Å². The molecule has 0 aliphatic rings. The summed E-state index contributed by atoms with van der Waals surface area (Å²) in [4.78, 5) is 38.4. The van der Waals surface area contributed by atoms with Crippen molar-refractivity contribution in [3.05, 3.63) is 72.9 Å². The summed E-state index contributed by atoms with van der Waals surface area (Å²) in [6.45, 7) is 6.64. The highest BCUT2D eigenvalue weighted by Crippen LogP contribution is 2.17. The van der Waals surface area contributed by atoms with Crippen molar-refractivity contribution in [2.75, 3.05) is 13.2 Å². The standard InChI is InChI=1S/C73H130O6/c1-4-7-10-13-16-19-22-25-28-31-34-35-36-37-38-39-40-43-45-48-51-54-57-60-63-66-72(75)78-69-70(79-73(76)67-64-61-58-55-52-49-46-42-33-30-27-24-21-18-15-12-9-6-3)68-77-71(74)65-62-59-56-53-50-47-44-41-32-29-26-23-20-17-14-11-8-5-2/h21-22,24-25,29-34,36-37,70H,4-20,23,26-28,35,38-69H2,1-3H3/b24-21-,25-22-,32-29-,33-30-,34-31-,37-36-. The topological polar surface area (TPSA) is 78.9 Å². The first-order valence-corrected chi connectivity index (χ1v) is 34.4. The molecule has 1 unspecified atom stereocenters. The molecule has 0 saturated heterocycles. The molecular formula is C73H130O6. The van der Waals surface area contributed by atoms with E-state index in [0.717, 1.165) is 83.5 Å². The number of carbonyl (C=O) groups excluding carboxylic acids is 3. The number of allylic oxidation sites excluding steroid dienone is 12. The molecule has 458 valence electrons. The van der Waals surface area contributed by atoms with Crippen LogP contribution in [0.3, 0.4) is 0 Å². The molecule has 0 amide bonds. The zero-order valence-electron chi connectivity index (χ0n) is 52.6. The Morgan fingerprint density at radius 2 is 0.456 bits per heavy atom. The van der Waals surface area contributed by atoms with E-state index in [-0.39, 0.29) is 31.1 Å². The highest BCUT2D eigenvalue weighted by molar-refractivity contribution is 5.71. The molecule has 0 rings (SSSR count). The van der Waals surface area contributed by atoms with Gasteiger partial charge >= 0.3 is 17.9 Å². The van der Waals surface area contributed by atoms with Gasteiger partial charge in [0.05, 0.1) is 0 Å². The Morgan fingerprint density at radius 1 is 0.253 bits per heavy atom. The summed E-state index contributed by atoms with van der Waals surface area (Å²) in [5.41, 5.74) is 0. The van der Waals surface area contributed by atoms with Gasteiger partial charge in [0.15, 0.2) is 6.10 Å². The van der Waals surface area contributed by atoms with Gasteiger partial charge in [0.1, 0.15) is 13.2 Å². The number of rotatable bonds is 63. The minimum absolute atomic E-state index is 0.0803. The Labute approximate surface area is 491 Å². The Bertz CT molecular complexity index is 1450. The second-order valence-electron chi connectivity index (χ2n) is 23.1. The van der Waals surface area contributed by atoms with Crippen LogP contribution in [0.4, 0.5) is 0 Å². The molecule has 0 aromatic heterocycles. The summed E-state index contributed by atoms with van der Waals surface area (Å²) in [7, 11) is 0. The van der Waals surface area contributed by atoms with Crippen LogP contribution in [0.2, 0.25) is 0 Å². The van der Waals surface area contributed by atoms with Crippen LogP contribution in [0.5, 0.6) is 0 Å². The lowest BCUT2D eigenvalue weighted by Gasteiger charge is -2.18. The van der Waals surface area contributed by atoms with Gasteiger partial charge in [0, 0.05) is 19.3 Å². The number of carbonyl (C=O) groups is 3. The lowest BCUT2D eigenvalue weighted by atomic mass is 10.1. The zero-order chi connectivity index (χ0) is 57.1. The summed E-state index contributed by atoms with van der Waals surface area (Å²) in [5, 5.41) is 0. The summed E-state index contributed by atoms with van der Waals surface area (Å²) >= 11 is 0. The molecule has 6 nitrogen and oxygen atoms in total. The number of ether oxygens (including phenoxy) is 3. The Morgan fingerprint density at radius 3 is 0.734 bits per heavy atom. The third-order valence-corrected chi connectivity index (χ3v) is 15.2. The Kier molecular flexibility index (Phi) is 64.7. The maximum atomic E-state index is 12.9. The Balaban J connectivity index is 4.36. The van der Waals surface area contributed by atoms with Crippen LogP contribution in [0, 0.1) is 0 Å². The molecule has 0 aromatic carbocycles. The maximum absolute atomic E-state index is 12.9. The molecular weight excluding hydrogens is 973 g/mol. The molecule has 0 bridgehead atoms. The monoisotopic (exact) mass is 1100 g/mol. The van der Waals surface area contributed by atoms with Crippen molar-refractivity contribution in [2.45, 2.75) is 361 Å². The predicted octanol–water partition coefficient (Wildman–Crippen LogP) is 23.7. The predicted molar refractivity (Wildman–Crippen MR) is 344 cm³/mol. The molecule has 1 atom stereocenters. The van der Waals surface area contributed by atoms with E-state index in [1.54, 1.807) is 0 Å². The summed E-state index contributed by atoms with van der Waals surface area (Å²) < 4.78 is 17.0. The van der Waals surface area contributed by atoms with Crippen LogP contribution in [0.1, 0.15) is 355 Å². The van der Waals surface area contributed by atoms with Gasteiger partial charge in [-0.3, -0.25) is 14.4 Å². The summed E-state index contributed by atoms with van der Waals surface area (Å²) in [6, 6.07) is 0. The van der Waals surface area contributed by atoms with Crippen LogP contribution in [-0.2, 0) is 28.6 Å². The quantitative estimate of drug-likeness (QED) is 0.0261. The van der Waals surface area contributed by atoms with Gasteiger partial charge in [0.2, 0.25) is 0 Å². The zero-order valence-corrected chi connectivity index (χ0v) is 52.6. The fraction of sp³-hybridized carbons (Fsp3) is 0.795. The van der Waals surface area contributed by atoms with Crippen molar-refractivity contribution in [1.29, 1.82) is 0 Å². The fourth-order valence-electron chi connectivity index (χ4n) is 9.95. The van der Waals surface area contributed by atoms with E-state index in [0.29, 0.717) is 19.3 Å². The van der Waals surface area contributed by atoms with Crippen LogP contribution in [-0.4, -0.2) is 37.2 Å². The van der Waals surface area contributed by atoms with E-state index < -0.39 is 6.10 Å². The minimum atomic E-state index is -0.785. The molecule has 0 radical (unpaired) electrons. The first kappa shape index (κ1) is 75.8. The van der Waals surface area contributed by atoms with E-state index >= 15 is 0 Å². The molecule has 6 heteroatoms. The lowest BCUT2D eigenvalue weighted by Crippen LogP contribution is -2.30. The van der Waals surface area contributed by atoms with E-state index in [1.807, 2.05) is 0 Å². The third-order valence-electron chi connectivity index (χ3n) is 15.2. The SMILES string of the molecule is CCCCCC/C=C\C/C=C\CCCCCCCCCC(=O)OC(COC(=O)CCCCCCCCC/C=C\CCCCCCCCC)COC(=O)CCCCCCCCCCCC/C=C\C/C=C\C/C=C\CCCCCCC. The van der Waals surface area contributed by atoms with Crippen LogP contribution in [0.25, 0.3) is 0 Å². The highest BCUT2D eigenvalue weighted by Gasteiger charge is 2.19. The van der Waals surface area contributed by atoms with Crippen molar-refractivity contribution < 1.29 is 28.6 Å². The highest BCUT2D eigenvalue weighted by atomic mass is 16.6. The number of esters is 3. The van der Waals surface area contributed by atoms with Crippen molar-refractivity contribution >= 4 is 17.9 Å². The minimum Gasteiger partial charge on any atom is -0.462 e. The van der Waals surface area contributed by atoms with E-state index in [2.05, 4.69) is 93.7 Å². The van der Waals surface area contributed by atoms with Crippen molar-refractivity contribution in [3.63, 3.8) is 0 Å². The number of hydrogen-bond donors (Lipinski definition) is 0. The van der Waals surface area contributed by atoms with Crippen molar-refractivity contribution in [1.82, 2.24) is 0 Å². The van der Waals surface area contributed by atoms with Gasteiger partial charge < -0.3 is 14.2 Å². The average molecular weight is 1100 g/mol. The van der Waals surface area contributed by atoms with Gasteiger partial charge in [-0.05, 0) is 116 Å². The Hall–Kier alpha value is -3.15. The van der Waals surface area contributed by atoms with Gasteiger partial charge in [-0.2, -0.15) is 0 Å². The second-order valence-corrected chi connectivity index (χ2v) is 23.1. The van der Waals surface area contributed by atoms with E-state index in [4.69, 9.17) is 14.2 Å². The number of hydrogen-bond acceptors (Lipinski definition) is 6. The largest absolute Gasteiger partial charge is 0.462 e. The van der Waals surface area contributed by atoms with Gasteiger partial charge in [0.25, 0.3) is 0 Å². The number of unbranched alkanes of at least 4 members (excludes halogenated alkanes) is 40. The van der Waals surface area contributed by atoms with Crippen LogP contribution >= 0.6 is 0 Å². The average Bonchev–Trinajstić information content (AvgIpc) is 3.45. The molecule has 0 aliphatic heterocycles. The van der Waals surface area contributed by atoms with E-state index in [1.165, 1.54) is 231 Å². The summed E-state index contributed by atoms with van der Waals surface area (Å²) in [5.74, 6) is -0.878. The van der Waals surface area contributed by atoms with E-state index in [9.17, 15) is 14.4 Å². The molecule has 0 aromatic rings. The van der Waals surface area contributed by atoms with Gasteiger partial charge in [-0.1, -0.05) is 293 Å². The summed E-state index contributed by atoms with van der Waals surface area (Å²) in [6.07, 6.45) is 87.7. The molecule has 0 heterocycles.